The first kappa shape index (κ1) is 10.5. The summed E-state index contributed by atoms with van der Waals surface area (Å²) in [6, 6.07) is 8.11. The molecule has 0 heterocycles. The predicted octanol–water partition coefficient (Wildman–Crippen LogP) is 2.68. The standard InChI is InChI=1S/C10H12INO/c1-8(13)6-7-12-10-4-2-9(11)3-5-10/h2-5,12H,6-7H2,1H3. The summed E-state index contributed by atoms with van der Waals surface area (Å²) in [6.45, 7) is 2.32. The van der Waals surface area contributed by atoms with E-state index in [9.17, 15) is 4.79 Å². The first-order valence-electron chi connectivity index (χ1n) is 4.17. The van der Waals surface area contributed by atoms with Gasteiger partial charge in [-0.15, -0.1) is 0 Å². The van der Waals surface area contributed by atoms with Crippen molar-refractivity contribution in [3.63, 3.8) is 0 Å². The van der Waals surface area contributed by atoms with Gasteiger partial charge in [0, 0.05) is 22.2 Å². The third-order valence-electron chi connectivity index (χ3n) is 1.65. The highest BCUT2D eigenvalue weighted by Crippen LogP contribution is 2.10. The van der Waals surface area contributed by atoms with E-state index >= 15 is 0 Å². The number of carbonyl (C=O) groups excluding carboxylic acids is 1. The molecule has 0 aromatic heterocycles. The minimum atomic E-state index is 0.220. The van der Waals surface area contributed by atoms with E-state index in [2.05, 4.69) is 27.9 Å². The lowest BCUT2D eigenvalue weighted by atomic mass is 10.3. The Hall–Kier alpha value is -0.580. The molecular formula is C10H12INO. The molecule has 2 nitrogen and oxygen atoms in total. The van der Waals surface area contributed by atoms with Gasteiger partial charge in [-0.25, -0.2) is 0 Å². The first-order valence-corrected chi connectivity index (χ1v) is 5.25. The minimum absolute atomic E-state index is 0.220. The molecule has 3 heteroatoms. The highest BCUT2D eigenvalue weighted by molar-refractivity contribution is 14.1. The fraction of sp³-hybridized carbons (Fsp3) is 0.300. The maximum atomic E-state index is 10.6. The number of anilines is 1. The molecule has 0 bridgehead atoms. The number of hydrogen-bond donors (Lipinski definition) is 1. The van der Waals surface area contributed by atoms with Crippen LogP contribution in [0.5, 0.6) is 0 Å². The van der Waals surface area contributed by atoms with Crippen molar-refractivity contribution in [3.05, 3.63) is 27.8 Å². The second kappa shape index (κ2) is 5.21. The molecular weight excluding hydrogens is 277 g/mol. The number of Topliss-reactive ketones (excluding diaryl/α,β-unsaturated/α-hetero) is 1. The van der Waals surface area contributed by atoms with E-state index in [1.807, 2.05) is 24.3 Å². The average Bonchev–Trinajstić information content (AvgIpc) is 2.08. The van der Waals surface area contributed by atoms with Crippen LogP contribution in [0.2, 0.25) is 0 Å². The lowest BCUT2D eigenvalue weighted by Crippen LogP contribution is -2.05. The summed E-state index contributed by atoms with van der Waals surface area (Å²) in [4.78, 5) is 10.6. The molecule has 1 aromatic rings. The topological polar surface area (TPSA) is 29.1 Å². The molecule has 0 spiro atoms. The number of hydrogen-bond acceptors (Lipinski definition) is 2. The maximum absolute atomic E-state index is 10.6. The highest BCUT2D eigenvalue weighted by atomic mass is 127. The second-order valence-electron chi connectivity index (χ2n) is 2.89. The number of benzene rings is 1. The molecule has 1 rings (SSSR count). The van der Waals surface area contributed by atoms with Crippen LogP contribution in [0, 0.1) is 3.57 Å². The zero-order valence-electron chi connectivity index (χ0n) is 7.51. The molecule has 0 aliphatic carbocycles. The molecule has 1 aromatic carbocycles. The van der Waals surface area contributed by atoms with E-state index in [-0.39, 0.29) is 5.78 Å². The molecule has 0 radical (unpaired) electrons. The van der Waals surface area contributed by atoms with Crippen LogP contribution in [0.25, 0.3) is 0 Å². The van der Waals surface area contributed by atoms with Gasteiger partial charge in [-0.2, -0.15) is 0 Å². The quantitative estimate of drug-likeness (QED) is 0.863. The molecule has 1 N–H and O–H groups in total. The summed E-state index contributed by atoms with van der Waals surface area (Å²) in [5, 5.41) is 3.18. The van der Waals surface area contributed by atoms with Gasteiger partial charge in [0.15, 0.2) is 0 Å². The third kappa shape index (κ3) is 4.26. The van der Waals surface area contributed by atoms with E-state index < -0.39 is 0 Å². The molecule has 0 aliphatic heterocycles. The number of nitrogens with one attached hydrogen (secondary N) is 1. The van der Waals surface area contributed by atoms with E-state index in [0.29, 0.717) is 6.42 Å². The maximum Gasteiger partial charge on any atom is 0.131 e. The summed E-state index contributed by atoms with van der Waals surface area (Å²) < 4.78 is 1.22. The van der Waals surface area contributed by atoms with E-state index in [1.54, 1.807) is 6.92 Å². The van der Waals surface area contributed by atoms with Gasteiger partial charge < -0.3 is 5.32 Å². The van der Waals surface area contributed by atoms with Crippen LogP contribution in [0.1, 0.15) is 13.3 Å². The number of halogens is 1. The monoisotopic (exact) mass is 289 g/mol. The van der Waals surface area contributed by atoms with Crippen molar-refractivity contribution in [2.75, 3.05) is 11.9 Å². The van der Waals surface area contributed by atoms with Gasteiger partial charge in [-0.1, -0.05) is 0 Å². The van der Waals surface area contributed by atoms with Crippen molar-refractivity contribution < 1.29 is 4.79 Å². The number of ketones is 1. The van der Waals surface area contributed by atoms with Crippen LogP contribution < -0.4 is 5.32 Å². The van der Waals surface area contributed by atoms with Crippen LogP contribution in [-0.2, 0) is 4.79 Å². The Morgan fingerprint density at radius 3 is 2.54 bits per heavy atom. The Kier molecular flexibility index (Phi) is 4.21. The minimum Gasteiger partial charge on any atom is -0.385 e. The SMILES string of the molecule is CC(=O)CCNc1ccc(I)cc1. The van der Waals surface area contributed by atoms with E-state index in [1.165, 1.54) is 3.57 Å². The van der Waals surface area contributed by atoms with Gasteiger partial charge in [0.2, 0.25) is 0 Å². The summed E-state index contributed by atoms with van der Waals surface area (Å²) in [7, 11) is 0. The first-order chi connectivity index (χ1) is 6.18. The van der Waals surface area contributed by atoms with Gasteiger partial charge in [0.1, 0.15) is 5.78 Å². The Balaban J connectivity index is 2.37. The molecule has 0 atom stereocenters. The Morgan fingerprint density at radius 2 is 2.00 bits per heavy atom. The van der Waals surface area contributed by atoms with Crippen molar-refractivity contribution in [3.8, 4) is 0 Å². The van der Waals surface area contributed by atoms with Gasteiger partial charge >= 0.3 is 0 Å². The van der Waals surface area contributed by atoms with Gasteiger partial charge in [0.25, 0.3) is 0 Å². The average molecular weight is 289 g/mol. The van der Waals surface area contributed by atoms with Gasteiger partial charge in [-0.3, -0.25) is 4.79 Å². The largest absolute Gasteiger partial charge is 0.385 e. The van der Waals surface area contributed by atoms with Crippen molar-refractivity contribution in [1.82, 2.24) is 0 Å². The lowest BCUT2D eigenvalue weighted by molar-refractivity contribution is -0.116. The molecule has 0 saturated carbocycles. The zero-order chi connectivity index (χ0) is 9.68. The fourth-order valence-electron chi connectivity index (χ4n) is 0.951. The third-order valence-corrected chi connectivity index (χ3v) is 2.37. The molecule has 0 amide bonds. The summed E-state index contributed by atoms with van der Waals surface area (Å²) in [5.41, 5.74) is 1.07. The summed E-state index contributed by atoms with van der Waals surface area (Å²) >= 11 is 2.26. The van der Waals surface area contributed by atoms with Crippen LogP contribution in [-0.4, -0.2) is 12.3 Å². The molecule has 0 unspecified atom stereocenters. The zero-order valence-corrected chi connectivity index (χ0v) is 9.67. The Labute approximate surface area is 91.9 Å². The number of carbonyl (C=O) groups is 1. The van der Waals surface area contributed by atoms with Crippen molar-refractivity contribution in [1.29, 1.82) is 0 Å². The van der Waals surface area contributed by atoms with E-state index in [4.69, 9.17) is 0 Å². The smallest absolute Gasteiger partial charge is 0.131 e. The van der Waals surface area contributed by atoms with Crippen LogP contribution >= 0.6 is 22.6 Å². The van der Waals surface area contributed by atoms with Gasteiger partial charge in [0.05, 0.1) is 0 Å². The van der Waals surface area contributed by atoms with Crippen LogP contribution in [0.4, 0.5) is 5.69 Å². The van der Waals surface area contributed by atoms with Crippen LogP contribution in [0.15, 0.2) is 24.3 Å². The van der Waals surface area contributed by atoms with Crippen molar-refractivity contribution in [2.45, 2.75) is 13.3 Å². The number of rotatable bonds is 4. The second-order valence-corrected chi connectivity index (χ2v) is 4.13. The van der Waals surface area contributed by atoms with E-state index in [0.717, 1.165) is 12.2 Å². The Morgan fingerprint density at radius 1 is 1.38 bits per heavy atom. The normalized spacial score (nSPS) is 9.69. The van der Waals surface area contributed by atoms with Gasteiger partial charge in [-0.05, 0) is 53.8 Å². The fourth-order valence-corrected chi connectivity index (χ4v) is 1.31. The van der Waals surface area contributed by atoms with Crippen molar-refractivity contribution in [2.24, 2.45) is 0 Å². The molecule has 70 valence electrons. The highest BCUT2D eigenvalue weighted by Gasteiger charge is 1.93. The lowest BCUT2D eigenvalue weighted by Gasteiger charge is -2.04. The molecule has 0 fully saturated rings. The molecule has 0 aliphatic rings. The predicted molar refractivity (Wildman–Crippen MR) is 62.9 cm³/mol. The molecule has 13 heavy (non-hydrogen) atoms. The summed E-state index contributed by atoms with van der Waals surface area (Å²) in [5.74, 6) is 0.220. The van der Waals surface area contributed by atoms with Crippen molar-refractivity contribution >= 4 is 34.1 Å². The summed E-state index contributed by atoms with van der Waals surface area (Å²) in [6.07, 6.45) is 0.589. The van der Waals surface area contributed by atoms with Crippen LogP contribution in [0.3, 0.4) is 0 Å². The molecule has 0 saturated heterocycles. The Bertz CT molecular complexity index is 281.